The second kappa shape index (κ2) is 6.72. The van der Waals surface area contributed by atoms with Gasteiger partial charge in [-0.3, -0.25) is 4.79 Å². The summed E-state index contributed by atoms with van der Waals surface area (Å²) in [5.41, 5.74) is 0.842. The van der Waals surface area contributed by atoms with Gasteiger partial charge < -0.3 is 5.11 Å². The summed E-state index contributed by atoms with van der Waals surface area (Å²) < 4.78 is 27.4. The Morgan fingerprint density at radius 2 is 2.05 bits per heavy atom. The van der Waals surface area contributed by atoms with Crippen LogP contribution in [0.1, 0.15) is 12.0 Å². The molecule has 108 valence electrons. The molecule has 5 nitrogen and oxygen atoms in total. The predicted octanol–water partition coefficient (Wildman–Crippen LogP) is 2.27. The molecule has 8 heteroatoms. The van der Waals surface area contributed by atoms with Crippen LogP contribution in [0.5, 0.6) is 0 Å². The fourth-order valence-corrected chi connectivity index (χ4v) is 4.25. The van der Waals surface area contributed by atoms with Gasteiger partial charge in [-0.15, -0.1) is 12.3 Å². The standard InChI is InChI=1S/C12H11Br2NO4S/c1-3-4-10(12(16)17)15-20(18,19)11-6-8(13)7(2)5-9(11)14/h1,5-6,10,15H,4H2,2H3,(H,16,17). The molecule has 1 aromatic rings. The summed E-state index contributed by atoms with van der Waals surface area (Å²) in [6, 6.07) is 1.66. The molecular weight excluding hydrogens is 414 g/mol. The number of benzene rings is 1. The first-order chi connectivity index (χ1) is 9.19. The number of rotatable bonds is 5. The zero-order valence-electron chi connectivity index (χ0n) is 10.4. The van der Waals surface area contributed by atoms with E-state index >= 15 is 0 Å². The van der Waals surface area contributed by atoms with Crippen molar-refractivity contribution in [2.45, 2.75) is 24.3 Å². The zero-order valence-corrected chi connectivity index (χ0v) is 14.3. The van der Waals surface area contributed by atoms with Crippen molar-refractivity contribution in [1.82, 2.24) is 4.72 Å². The maximum absolute atomic E-state index is 12.2. The highest BCUT2D eigenvalue weighted by Crippen LogP contribution is 2.28. The molecule has 0 radical (unpaired) electrons. The number of hydrogen-bond donors (Lipinski definition) is 2. The lowest BCUT2D eigenvalue weighted by molar-refractivity contribution is -0.138. The van der Waals surface area contributed by atoms with Crippen LogP contribution in [0.15, 0.2) is 26.0 Å². The predicted molar refractivity (Wildman–Crippen MR) is 81.8 cm³/mol. The number of sulfonamides is 1. The molecule has 0 heterocycles. The molecule has 0 saturated carbocycles. The molecule has 0 aliphatic rings. The number of nitrogens with one attached hydrogen (secondary N) is 1. The summed E-state index contributed by atoms with van der Waals surface area (Å²) in [4.78, 5) is 10.9. The first kappa shape index (κ1) is 17.2. The van der Waals surface area contributed by atoms with Crippen molar-refractivity contribution in [3.8, 4) is 12.3 Å². The van der Waals surface area contributed by atoms with Crippen molar-refractivity contribution in [2.75, 3.05) is 0 Å². The third kappa shape index (κ3) is 4.06. The number of hydrogen-bond acceptors (Lipinski definition) is 3. The fourth-order valence-electron chi connectivity index (χ4n) is 1.38. The molecule has 2 N–H and O–H groups in total. The van der Waals surface area contributed by atoms with E-state index in [0.717, 1.165) is 5.56 Å². The summed E-state index contributed by atoms with van der Waals surface area (Å²) in [6.07, 6.45) is 4.80. The van der Waals surface area contributed by atoms with Crippen molar-refractivity contribution in [3.63, 3.8) is 0 Å². The van der Waals surface area contributed by atoms with Crippen LogP contribution in [0.2, 0.25) is 0 Å². The average Bonchev–Trinajstić information content (AvgIpc) is 2.32. The number of carbonyl (C=O) groups is 1. The highest BCUT2D eigenvalue weighted by molar-refractivity contribution is 9.11. The van der Waals surface area contributed by atoms with Gasteiger partial charge >= 0.3 is 5.97 Å². The van der Waals surface area contributed by atoms with Gasteiger partial charge in [-0.05, 0) is 40.5 Å². The smallest absolute Gasteiger partial charge is 0.322 e. The van der Waals surface area contributed by atoms with E-state index < -0.39 is 22.0 Å². The largest absolute Gasteiger partial charge is 0.480 e. The second-order valence-corrected chi connectivity index (χ2v) is 7.34. The first-order valence-electron chi connectivity index (χ1n) is 5.33. The van der Waals surface area contributed by atoms with Gasteiger partial charge in [-0.1, -0.05) is 15.9 Å². The number of aryl methyl sites for hydroxylation is 1. The molecule has 1 atom stereocenters. The molecule has 20 heavy (non-hydrogen) atoms. The van der Waals surface area contributed by atoms with E-state index in [1.54, 1.807) is 13.0 Å². The van der Waals surface area contributed by atoms with E-state index in [4.69, 9.17) is 11.5 Å². The Morgan fingerprint density at radius 1 is 1.45 bits per heavy atom. The van der Waals surface area contributed by atoms with Gasteiger partial charge in [-0.2, -0.15) is 4.72 Å². The van der Waals surface area contributed by atoms with Crippen LogP contribution in [0.3, 0.4) is 0 Å². The first-order valence-corrected chi connectivity index (χ1v) is 8.40. The van der Waals surface area contributed by atoms with Crippen molar-refractivity contribution < 1.29 is 18.3 Å². The van der Waals surface area contributed by atoms with Gasteiger partial charge in [0.15, 0.2) is 0 Å². The Labute approximate surface area is 134 Å². The van der Waals surface area contributed by atoms with E-state index in [1.165, 1.54) is 6.07 Å². The number of aliphatic carboxylic acids is 1. The molecule has 0 amide bonds. The molecule has 0 saturated heterocycles. The lowest BCUT2D eigenvalue weighted by atomic mass is 10.2. The van der Waals surface area contributed by atoms with Gasteiger partial charge in [0.25, 0.3) is 0 Å². The molecular formula is C12H11Br2NO4S. The minimum atomic E-state index is -4.00. The van der Waals surface area contributed by atoms with Gasteiger partial charge in [0.05, 0.1) is 4.90 Å². The molecule has 0 spiro atoms. The third-order valence-corrected chi connectivity index (χ3v) is 5.70. The molecule has 0 aliphatic carbocycles. The summed E-state index contributed by atoms with van der Waals surface area (Å²) in [5.74, 6) is 0.804. The second-order valence-electron chi connectivity index (χ2n) is 3.95. The summed E-state index contributed by atoms with van der Waals surface area (Å²) in [7, 11) is -4.00. The van der Waals surface area contributed by atoms with E-state index in [1.807, 2.05) is 0 Å². The lowest BCUT2D eigenvalue weighted by Crippen LogP contribution is -2.40. The topological polar surface area (TPSA) is 83.5 Å². The lowest BCUT2D eigenvalue weighted by Gasteiger charge is -2.14. The molecule has 0 fully saturated rings. The Bertz CT molecular complexity index is 679. The average molecular weight is 425 g/mol. The van der Waals surface area contributed by atoms with Crippen molar-refractivity contribution in [2.24, 2.45) is 0 Å². The van der Waals surface area contributed by atoms with Crippen molar-refractivity contribution >= 4 is 47.9 Å². The van der Waals surface area contributed by atoms with Crippen LogP contribution in [0.25, 0.3) is 0 Å². The highest BCUT2D eigenvalue weighted by Gasteiger charge is 2.26. The number of halogens is 2. The maximum atomic E-state index is 12.2. The molecule has 0 aromatic heterocycles. The zero-order chi connectivity index (χ0) is 15.5. The fraction of sp³-hybridized carbons (Fsp3) is 0.250. The molecule has 0 bridgehead atoms. The Balaban J connectivity index is 3.21. The quantitative estimate of drug-likeness (QED) is 0.710. The number of terminal acetylenes is 1. The van der Waals surface area contributed by atoms with Crippen LogP contribution in [-0.2, 0) is 14.8 Å². The Kier molecular flexibility index (Phi) is 5.77. The normalized spacial score (nSPS) is 12.7. The molecule has 1 rings (SSSR count). The van der Waals surface area contributed by atoms with E-state index in [2.05, 4.69) is 42.5 Å². The van der Waals surface area contributed by atoms with E-state index in [9.17, 15) is 13.2 Å². The van der Waals surface area contributed by atoms with Crippen molar-refractivity contribution in [3.05, 3.63) is 26.6 Å². The van der Waals surface area contributed by atoms with E-state index in [-0.39, 0.29) is 11.3 Å². The SMILES string of the molecule is C#CCC(NS(=O)(=O)c1cc(Br)c(C)cc1Br)C(=O)O. The summed E-state index contributed by atoms with van der Waals surface area (Å²) in [5, 5.41) is 8.94. The van der Waals surface area contributed by atoms with Crippen LogP contribution in [0.4, 0.5) is 0 Å². The van der Waals surface area contributed by atoms with Gasteiger partial charge in [0.1, 0.15) is 6.04 Å². The third-order valence-electron chi connectivity index (χ3n) is 2.42. The molecule has 0 aliphatic heterocycles. The molecule has 1 aromatic carbocycles. The van der Waals surface area contributed by atoms with Gasteiger partial charge in [0, 0.05) is 15.4 Å². The monoisotopic (exact) mass is 423 g/mol. The maximum Gasteiger partial charge on any atom is 0.322 e. The minimum absolute atomic E-state index is 0.0572. The Morgan fingerprint density at radius 3 is 2.55 bits per heavy atom. The molecule has 1 unspecified atom stereocenters. The summed E-state index contributed by atoms with van der Waals surface area (Å²) in [6.45, 7) is 1.80. The van der Waals surface area contributed by atoms with Crippen LogP contribution < -0.4 is 4.72 Å². The summed E-state index contributed by atoms with van der Waals surface area (Å²) >= 11 is 6.39. The number of carboxylic acid groups (broad SMARTS) is 1. The van der Waals surface area contributed by atoms with Crippen molar-refractivity contribution in [1.29, 1.82) is 0 Å². The Hall–Kier alpha value is -0.880. The van der Waals surface area contributed by atoms with E-state index in [0.29, 0.717) is 8.95 Å². The highest BCUT2D eigenvalue weighted by atomic mass is 79.9. The van der Waals surface area contributed by atoms with Gasteiger partial charge in [0.2, 0.25) is 10.0 Å². The minimum Gasteiger partial charge on any atom is -0.480 e. The number of carboxylic acids is 1. The van der Waals surface area contributed by atoms with Crippen LogP contribution in [0, 0.1) is 19.3 Å². The van der Waals surface area contributed by atoms with Gasteiger partial charge in [-0.25, -0.2) is 8.42 Å². The van der Waals surface area contributed by atoms with Crippen LogP contribution >= 0.6 is 31.9 Å². The van der Waals surface area contributed by atoms with Crippen LogP contribution in [-0.4, -0.2) is 25.5 Å².